The number of methoxy groups -OCH3 is 2. The summed E-state index contributed by atoms with van der Waals surface area (Å²) < 4.78 is 25.3. The third-order valence-corrected chi connectivity index (χ3v) is 5.62. The Balaban J connectivity index is 1.75. The Morgan fingerprint density at radius 1 is 1.00 bits per heavy atom. The Morgan fingerprint density at radius 2 is 1.74 bits per heavy atom. The van der Waals surface area contributed by atoms with Crippen LogP contribution in [0.15, 0.2) is 71.7 Å². The van der Waals surface area contributed by atoms with Gasteiger partial charge < -0.3 is 19.4 Å². The maximum absolute atomic E-state index is 13.3. The quantitative estimate of drug-likeness (QED) is 0.377. The highest BCUT2D eigenvalue weighted by atomic mass is 35.5. The monoisotopic (exact) mass is 494 g/mol. The number of anilines is 1. The number of hydrogen-bond acceptors (Lipinski definition) is 5. The first kappa shape index (κ1) is 24.0. The maximum Gasteiger partial charge on any atom is 0.244 e. The van der Waals surface area contributed by atoms with Crippen LogP contribution in [0.3, 0.4) is 0 Å². The predicted octanol–water partition coefficient (Wildman–Crippen LogP) is 4.68. The van der Waals surface area contributed by atoms with Gasteiger partial charge in [-0.15, -0.1) is 0 Å². The highest BCUT2D eigenvalue weighted by Gasteiger charge is 2.19. The fraction of sp³-hybridized carbons (Fsp3) is 0.115. The summed E-state index contributed by atoms with van der Waals surface area (Å²) in [6.07, 6.45) is 1.33. The van der Waals surface area contributed by atoms with Crippen molar-refractivity contribution < 1.29 is 23.5 Å². The van der Waals surface area contributed by atoms with E-state index in [4.69, 9.17) is 21.1 Å². The van der Waals surface area contributed by atoms with E-state index in [1.54, 1.807) is 30.3 Å². The van der Waals surface area contributed by atoms with E-state index >= 15 is 0 Å². The Labute approximate surface area is 204 Å². The van der Waals surface area contributed by atoms with E-state index in [1.165, 1.54) is 43.2 Å². The van der Waals surface area contributed by atoms with Gasteiger partial charge in [0.2, 0.25) is 11.3 Å². The molecule has 178 valence electrons. The second kappa shape index (κ2) is 9.99. The first-order valence-electron chi connectivity index (χ1n) is 10.5. The van der Waals surface area contributed by atoms with E-state index in [0.717, 1.165) is 12.1 Å². The van der Waals surface area contributed by atoms with Crippen molar-refractivity contribution in [1.82, 2.24) is 4.57 Å². The lowest BCUT2D eigenvalue weighted by molar-refractivity contribution is -0.116. The zero-order chi connectivity index (χ0) is 25.1. The number of nitrogens with zero attached hydrogens (tertiary/aromatic N) is 1. The molecule has 9 heteroatoms. The van der Waals surface area contributed by atoms with Crippen molar-refractivity contribution >= 4 is 39.9 Å². The first-order valence-corrected chi connectivity index (χ1v) is 10.8. The second-order valence-electron chi connectivity index (χ2n) is 7.61. The van der Waals surface area contributed by atoms with Crippen molar-refractivity contribution in [1.29, 1.82) is 0 Å². The van der Waals surface area contributed by atoms with E-state index in [0.29, 0.717) is 27.7 Å². The highest BCUT2D eigenvalue weighted by molar-refractivity contribution is 6.31. The number of ether oxygens (including phenoxy) is 2. The van der Waals surface area contributed by atoms with Gasteiger partial charge in [0.1, 0.15) is 23.9 Å². The van der Waals surface area contributed by atoms with Crippen LogP contribution in [0.25, 0.3) is 10.9 Å². The predicted molar refractivity (Wildman–Crippen MR) is 131 cm³/mol. The van der Waals surface area contributed by atoms with Crippen molar-refractivity contribution in [2.75, 3.05) is 19.5 Å². The van der Waals surface area contributed by atoms with Gasteiger partial charge in [-0.25, -0.2) is 4.39 Å². The number of benzene rings is 3. The molecule has 0 bridgehead atoms. The molecule has 7 nitrogen and oxygen atoms in total. The molecule has 3 aromatic carbocycles. The number of hydrogen-bond donors (Lipinski definition) is 1. The highest BCUT2D eigenvalue weighted by Crippen LogP contribution is 2.29. The van der Waals surface area contributed by atoms with Gasteiger partial charge in [-0.3, -0.25) is 14.4 Å². The van der Waals surface area contributed by atoms with Crippen molar-refractivity contribution in [3.63, 3.8) is 0 Å². The fourth-order valence-corrected chi connectivity index (χ4v) is 3.85. The summed E-state index contributed by atoms with van der Waals surface area (Å²) >= 11 is 6.10. The number of carbonyl (C=O) groups is 2. The SMILES string of the molecule is COc1ccc(OC)c(NC(=O)Cn2cc(C(=O)c3ccc(F)cc3)c(=O)c3cc(Cl)ccc32)c1. The van der Waals surface area contributed by atoms with Crippen molar-refractivity contribution in [2.24, 2.45) is 0 Å². The molecule has 35 heavy (non-hydrogen) atoms. The molecule has 1 aromatic heterocycles. The number of fused-ring (bicyclic) bond motifs is 1. The molecular weight excluding hydrogens is 475 g/mol. The number of ketones is 1. The van der Waals surface area contributed by atoms with Gasteiger partial charge in [0, 0.05) is 28.2 Å². The number of carbonyl (C=O) groups excluding carboxylic acids is 2. The van der Waals surface area contributed by atoms with Crippen LogP contribution in [-0.2, 0) is 11.3 Å². The van der Waals surface area contributed by atoms with Crippen molar-refractivity contribution in [3.05, 3.63) is 99.1 Å². The van der Waals surface area contributed by atoms with Gasteiger partial charge in [-0.2, -0.15) is 0 Å². The molecule has 0 aliphatic heterocycles. The summed E-state index contributed by atoms with van der Waals surface area (Å²) in [5.41, 5.74) is 0.249. The number of amides is 1. The van der Waals surface area contributed by atoms with Crippen LogP contribution in [-0.4, -0.2) is 30.5 Å². The lowest BCUT2D eigenvalue weighted by Gasteiger charge is -2.15. The Bertz CT molecular complexity index is 1500. The Kier molecular flexibility index (Phi) is 6.84. The number of pyridine rings is 1. The summed E-state index contributed by atoms with van der Waals surface area (Å²) in [6.45, 7) is -0.220. The lowest BCUT2D eigenvalue weighted by Crippen LogP contribution is -2.24. The molecule has 0 spiro atoms. The number of aromatic nitrogens is 1. The number of nitrogens with one attached hydrogen (secondary N) is 1. The number of halogens is 2. The fourth-order valence-electron chi connectivity index (χ4n) is 3.68. The van der Waals surface area contributed by atoms with Crippen LogP contribution in [0.2, 0.25) is 5.02 Å². The zero-order valence-corrected chi connectivity index (χ0v) is 19.6. The molecule has 0 radical (unpaired) electrons. The Morgan fingerprint density at radius 3 is 2.43 bits per heavy atom. The molecule has 0 fully saturated rings. The summed E-state index contributed by atoms with van der Waals surface area (Å²) in [7, 11) is 2.98. The molecule has 0 saturated heterocycles. The summed E-state index contributed by atoms with van der Waals surface area (Å²) in [5, 5.41) is 3.25. The molecule has 1 amide bonds. The standard InChI is InChI=1S/C26H20ClFN2O5/c1-34-18-8-10-23(35-2)21(12-18)29-24(31)14-30-13-20(25(32)15-3-6-17(28)7-4-15)26(33)19-11-16(27)5-9-22(19)30/h3-13H,14H2,1-2H3,(H,29,31). The van der Waals surface area contributed by atoms with Crippen LogP contribution < -0.4 is 20.2 Å². The molecular formula is C26H20ClFN2O5. The molecule has 0 atom stereocenters. The van der Waals surface area contributed by atoms with Crippen LogP contribution in [0.5, 0.6) is 11.5 Å². The van der Waals surface area contributed by atoms with E-state index < -0.39 is 22.9 Å². The molecule has 1 N–H and O–H groups in total. The van der Waals surface area contributed by atoms with Gasteiger partial charge in [0.15, 0.2) is 5.78 Å². The topological polar surface area (TPSA) is 86.6 Å². The minimum atomic E-state index is -0.597. The molecule has 0 saturated carbocycles. The van der Waals surface area contributed by atoms with E-state index in [2.05, 4.69) is 5.32 Å². The third kappa shape index (κ3) is 5.02. The summed E-state index contributed by atoms with van der Waals surface area (Å²) in [5.74, 6) is -0.578. The van der Waals surface area contributed by atoms with Crippen LogP contribution >= 0.6 is 11.6 Å². The molecule has 4 rings (SSSR count). The van der Waals surface area contributed by atoms with Crippen LogP contribution in [0, 0.1) is 5.82 Å². The average Bonchev–Trinajstić information content (AvgIpc) is 2.85. The zero-order valence-electron chi connectivity index (χ0n) is 18.8. The van der Waals surface area contributed by atoms with E-state index in [9.17, 15) is 18.8 Å². The second-order valence-corrected chi connectivity index (χ2v) is 8.05. The number of rotatable bonds is 7. The third-order valence-electron chi connectivity index (χ3n) is 5.39. The molecule has 0 aliphatic carbocycles. The lowest BCUT2D eigenvalue weighted by atomic mass is 10.0. The van der Waals surface area contributed by atoms with Gasteiger partial charge in [-0.05, 0) is 54.6 Å². The summed E-state index contributed by atoms with van der Waals surface area (Å²) in [6, 6.07) is 14.5. The maximum atomic E-state index is 13.3. The van der Waals surface area contributed by atoms with Gasteiger partial charge in [0.05, 0.1) is 31.0 Å². The molecule has 1 heterocycles. The molecule has 0 aliphatic rings. The van der Waals surface area contributed by atoms with Gasteiger partial charge in [-0.1, -0.05) is 11.6 Å². The van der Waals surface area contributed by atoms with Crippen molar-refractivity contribution in [2.45, 2.75) is 6.54 Å². The minimum Gasteiger partial charge on any atom is -0.497 e. The average molecular weight is 495 g/mol. The van der Waals surface area contributed by atoms with Gasteiger partial charge >= 0.3 is 0 Å². The normalized spacial score (nSPS) is 10.7. The molecule has 4 aromatic rings. The van der Waals surface area contributed by atoms with E-state index in [1.807, 2.05) is 0 Å². The first-order chi connectivity index (χ1) is 16.8. The minimum absolute atomic E-state index is 0.141. The largest absolute Gasteiger partial charge is 0.497 e. The molecule has 0 unspecified atom stereocenters. The van der Waals surface area contributed by atoms with Crippen LogP contribution in [0.4, 0.5) is 10.1 Å². The van der Waals surface area contributed by atoms with E-state index in [-0.39, 0.29) is 23.1 Å². The smallest absolute Gasteiger partial charge is 0.244 e. The summed E-state index contributed by atoms with van der Waals surface area (Å²) in [4.78, 5) is 39.2. The van der Waals surface area contributed by atoms with Crippen LogP contribution in [0.1, 0.15) is 15.9 Å². The Hall–Kier alpha value is -4.17. The van der Waals surface area contributed by atoms with Gasteiger partial charge in [0.25, 0.3) is 0 Å². The van der Waals surface area contributed by atoms with Crippen molar-refractivity contribution in [3.8, 4) is 11.5 Å².